The molecule has 0 aliphatic rings. The van der Waals surface area contributed by atoms with E-state index >= 15 is 0 Å². The zero-order chi connectivity index (χ0) is 15.8. The molecule has 0 bridgehead atoms. The zero-order valence-corrected chi connectivity index (χ0v) is 12.9. The Labute approximate surface area is 130 Å². The van der Waals surface area contributed by atoms with Crippen molar-refractivity contribution in [3.05, 3.63) is 48.4 Å². The average molecular weight is 299 g/mol. The second kappa shape index (κ2) is 8.09. The summed E-state index contributed by atoms with van der Waals surface area (Å²) in [5.41, 5.74) is 1.25. The largest absolute Gasteiger partial charge is 0.351 e. The van der Waals surface area contributed by atoms with E-state index in [9.17, 15) is 4.79 Å². The van der Waals surface area contributed by atoms with Crippen LogP contribution in [0.2, 0.25) is 0 Å². The number of aromatic nitrogens is 2. The highest BCUT2D eigenvalue weighted by Gasteiger charge is 2.07. The molecule has 1 aromatic carbocycles. The summed E-state index contributed by atoms with van der Waals surface area (Å²) in [6.07, 6.45) is 3.94. The summed E-state index contributed by atoms with van der Waals surface area (Å²) in [5.74, 6) is 0.410. The van der Waals surface area contributed by atoms with Gasteiger partial charge in [0.15, 0.2) is 0 Å². The third-order valence-corrected chi connectivity index (χ3v) is 3.00. The quantitative estimate of drug-likeness (QED) is 0.764. The van der Waals surface area contributed by atoms with Gasteiger partial charge in [0.05, 0.1) is 12.4 Å². The number of nitrogens with zero attached hydrogens (tertiary/aromatic N) is 3. The summed E-state index contributed by atoms with van der Waals surface area (Å²) in [6, 6.07) is 9.69. The predicted molar refractivity (Wildman–Crippen MR) is 87.3 cm³/mol. The van der Waals surface area contributed by atoms with Gasteiger partial charge in [0.2, 0.25) is 0 Å². The van der Waals surface area contributed by atoms with E-state index < -0.39 is 0 Å². The van der Waals surface area contributed by atoms with Crippen LogP contribution in [0.1, 0.15) is 16.9 Å². The smallest absolute Gasteiger partial charge is 0.271 e. The third-order valence-electron chi connectivity index (χ3n) is 3.00. The van der Waals surface area contributed by atoms with Gasteiger partial charge in [-0.25, -0.2) is 9.97 Å². The van der Waals surface area contributed by atoms with Crippen LogP contribution < -0.4 is 10.6 Å². The first-order valence-electron chi connectivity index (χ1n) is 7.22. The van der Waals surface area contributed by atoms with E-state index in [0.29, 0.717) is 18.1 Å². The number of anilines is 2. The van der Waals surface area contributed by atoms with Gasteiger partial charge in [0.1, 0.15) is 11.5 Å². The molecule has 0 aliphatic heterocycles. The van der Waals surface area contributed by atoms with Gasteiger partial charge < -0.3 is 15.5 Å². The van der Waals surface area contributed by atoms with Crippen LogP contribution in [0, 0.1) is 0 Å². The molecule has 0 spiro atoms. The van der Waals surface area contributed by atoms with Gasteiger partial charge in [-0.3, -0.25) is 4.79 Å². The maximum Gasteiger partial charge on any atom is 0.271 e. The molecule has 0 saturated carbocycles. The SMILES string of the molecule is CN(C)CCCNC(=O)c1cnc(Nc2ccccc2)cn1. The second-order valence-electron chi connectivity index (χ2n) is 5.19. The second-order valence-corrected chi connectivity index (χ2v) is 5.19. The Morgan fingerprint density at radius 2 is 1.91 bits per heavy atom. The van der Waals surface area contributed by atoms with Crippen LogP contribution in [0.5, 0.6) is 0 Å². The summed E-state index contributed by atoms with van der Waals surface area (Å²) in [7, 11) is 4.01. The topological polar surface area (TPSA) is 70.2 Å². The summed E-state index contributed by atoms with van der Waals surface area (Å²) >= 11 is 0. The van der Waals surface area contributed by atoms with Crippen molar-refractivity contribution in [2.24, 2.45) is 0 Å². The third kappa shape index (κ3) is 5.14. The summed E-state index contributed by atoms with van der Waals surface area (Å²) in [6.45, 7) is 1.56. The van der Waals surface area contributed by atoms with E-state index in [0.717, 1.165) is 18.7 Å². The van der Waals surface area contributed by atoms with Crippen molar-refractivity contribution in [3.63, 3.8) is 0 Å². The fourth-order valence-corrected chi connectivity index (χ4v) is 1.87. The standard InChI is InChI=1S/C16H21N5O/c1-21(2)10-6-9-17-16(22)14-11-19-15(12-18-14)20-13-7-4-3-5-8-13/h3-5,7-8,11-12H,6,9-10H2,1-2H3,(H,17,22)(H,19,20). The van der Waals surface area contributed by atoms with Crippen LogP contribution in [-0.2, 0) is 0 Å². The molecule has 2 rings (SSSR count). The summed E-state index contributed by atoms with van der Waals surface area (Å²) in [4.78, 5) is 22.3. The van der Waals surface area contributed by atoms with Gasteiger partial charge in [-0.2, -0.15) is 0 Å². The van der Waals surface area contributed by atoms with Crippen LogP contribution >= 0.6 is 0 Å². The number of carbonyl (C=O) groups excluding carboxylic acids is 1. The lowest BCUT2D eigenvalue weighted by Crippen LogP contribution is -2.27. The molecule has 0 saturated heterocycles. The molecule has 2 aromatic rings. The van der Waals surface area contributed by atoms with Crippen LogP contribution in [0.25, 0.3) is 0 Å². The zero-order valence-electron chi connectivity index (χ0n) is 12.9. The van der Waals surface area contributed by atoms with Gasteiger partial charge in [-0.15, -0.1) is 0 Å². The number of hydrogen-bond donors (Lipinski definition) is 2. The molecule has 6 heteroatoms. The Balaban J connectivity index is 1.84. The van der Waals surface area contributed by atoms with Gasteiger partial charge in [-0.05, 0) is 39.2 Å². The Morgan fingerprint density at radius 3 is 2.55 bits per heavy atom. The van der Waals surface area contributed by atoms with Crippen molar-refractivity contribution in [2.75, 3.05) is 32.5 Å². The minimum absolute atomic E-state index is 0.197. The Hall–Kier alpha value is -2.47. The van der Waals surface area contributed by atoms with Crippen LogP contribution in [0.4, 0.5) is 11.5 Å². The van der Waals surface area contributed by atoms with E-state index in [1.165, 1.54) is 6.20 Å². The molecular formula is C16H21N5O. The average Bonchev–Trinajstić information content (AvgIpc) is 2.53. The Bertz CT molecular complexity index is 583. The van der Waals surface area contributed by atoms with Crippen molar-refractivity contribution in [2.45, 2.75) is 6.42 Å². The monoisotopic (exact) mass is 299 g/mol. The molecule has 0 atom stereocenters. The fourth-order valence-electron chi connectivity index (χ4n) is 1.87. The first-order chi connectivity index (χ1) is 10.6. The summed E-state index contributed by atoms with van der Waals surface area (Å²) in [5, 5.41) is 5.96. The van der Waals surface area contributed by atoms with Crippen molar-refractivity contribution < 1.29 is 4.79 Å². The highest BCUT2D eigenvalue weighted by Crippen LogP contribution is 2.12. The Kier molecular flexibility index (Phi) is 5.85. The highest BCUT2D eigenvalue weighted by atomic mass is 16.1. The lowest BCUT2D eigenvalue weighted by molar-refractivity contribution is 0.0947. The van der Waals surface area contributed by atoms with Crippen molar-refractivity contribution >= 4 is 17.4 Å². The molecule has 0 radical (unpaired) electrons. The van der Waals surface area contributed by atoms with E-state index in [-0.39, 0.29) is 5.91 Å². The first kappa shape index (κ1) is 15.9. The minimum Gasteiger partial charge on any atom is -0.351 e. The van der Waals surface area contributed by atoms with E-state index in [1.54, 1.807) is 6.20 Å². The fraction of sp³-hybridized carbons (Fsp3) is 0.312. The number of rotatable bonds is 7. The van der Waals surface area contributed by atoms with Gasteiger partial charge in [0.25, 0.3) is 5.91 Å². The lowest BCUT2D eigenvalue weighted by Gasteiger charge is -2.09. The minimum atomic E-state index is -0.197. The number of benzene rings is 1. The lowest BCUT2D eigenvalue weighted by atomic mass is 10.3. The van der Waals surface area contributed by atoms with E-state index in [2.05, 4.69) is 25.5 Å². The maximum absolute atomic E-state index is 11.9. The molecule has 6 nitrogen and oxygen atoms in total. The number of carbonyl (C=O) groups is 1. The molecular weight excluding hydrogens is 278 g/mol. The Morgan fingerprint density at radius 1 is 1.14 bits per heavy atom. The normalized spacial score (nSPS) is 10.5. The molecule has 2 N–H and O–H groups in total. The highest BCUT2D eigenvalue weighted by molar-refractivity contribution is 5.92. The van der Waals surface area contributed by atoms with Gasteiger partial charge >= 0.3 is 0 Å². The molecule has 0 unspecified atom stereocenters. The number of para-hydroxylation sites is 1. The van der Waals surface area contributed by atoms with Crippen LogP contribution in [0.3, 0.4) is 0 Å². The van der Waals surface area contributed by atoms with E-state index in [1.807, 2.05) is 44.4 Å². The van der Waals surface area contributed by atoms with Crippen molar-refractivity contribution in [3.8, 4) is 0 Å². The molecule has 116 valence electrons. The first-order valence-corrected chi connectivity index (χ1v) is 7.22. The number of amides is 1. The number of hydrogen-bond acceptors (Lipinski definition) is 5. The summed E-state index contributed by atoms with van der Waals surface area (Å²) < 4.78 is 0. The molecule has 1 amide bonds. The molecule has 0 aliphatic carbocycles. The molecule has 22 heavy (non-hydrogen) atoms. The van der Waals surface area contributed by atoms with Gasteiger partial charge in [-0.1, -0.05) is 18.2 Å². The molecule has 1 heterocycles. The van der Waals surface area contributed by atoms with Crippen LogP contribution in [0.15, 0.2) is 42.7 Å². The van der Waals surface area contributed by atoms with Crippen molar-refractivity contribution in [1.82, 2.24) is 20.2 Å². The molecule has 0 fully saturated rings. The van der Waals surface area contributed by atoms with Crippen LogP contribution in [-0.4, -0.2) is 48.0 Å². The molecule has 1 aromatic heterocycles. The number of nitrogens with one attached hydrogen (secondary N) is 2. The van der Waals surface area contributed by atoms with Crippen molar-refractivity contribution in [1.29, 1.82) is 0 Å². The predicted octanol–water partition coefficient (Wildman–Crippen LogP) is 1.90. The van der Waals surface area contributed by atoms with E-state index in [4.69, 9.17) is 0 Å². The maximum atomic E-state index is 11.9. The van der Waals surface area contributed by atoms with Gasteiger partial charge in [0, 0.05) is 12.2 Å².